The second-order valence-corrected chi connectivity index (χ2v) is 6.74. The zero-order valence-corrected chi connectivity index (χ0v) is 14.4. The molecular weight excluding hydrogens is 310 g/mol. The summed E-state index contributed by atoms with van der Waals surface area (Å²) in [6.07, 6.45) is 4.37. The highest BCUT2D eigenvalue weighted by molar-refractivity contribution is 6.31. The Bertz CT molecular complexity index is 710. The Hall–Kier alpha value is -1.78. The number of aromatic nitrogens is 1. The fourth-order valence-corrected chi connectivity index (χ4v) is 3.58. The first kappa shape index (κ1) is 16.1. The normalized spacial score (nSPS) is 20.7. The number of amides is 1. The number of nitrogens with one attached hydrogen (secondary N) is 2. The monoisotopic (exact) mass is 332 g/mol. The molecule has 1 saturated heterocycles. The highest BCUT2D eigenvalue weighted by Crippen LogP contribution is 2.20. The molecule has 2 N–H and O–H groups in total. The van der Waals surface area contributed by atoms with Crippen LogP contribution in [0.3, 0.4) is 0 Å². The molecule has 0 radical (unpaired) electrons. The van der Waals surface area contributed by atoms with E-state index in [1.54, 1.807) is 0 Å². The minimum Gasteiger partial charge on any atom is -0.350 e. The van der Waals surface area contributed by atoms with Gasteiger partial charge in [-0.2, -0.15) is 0 Å². The average molecular weight is 333 g/mol. The smallest absolute Gasteiger partial charge is 0.279 e. The van der Waals surface area contributed by atoms with E-state index in [1.165, 1.54) is 10.6 Å². The Morgan fingerprint density at radius 1 is 1.43 bits per heavy atom. The van der Waals surface area contributed by atoms with Gasteiger partial charge in [0, 0.05) is 36.8 Å². The van der Waals surface area contributed by atoms with Gasteiger partial charge in [0.15, 0.2) is 6.54 Å². The van der Waals surface area contributed by atoms with Crippen LogP contribution in [0.25, 0.3) is 0 Å². The molecule has 0 bridgehead atoms. The molecule has 1 fully saturated rings. The zero-order valence-electron chi connectivity index (χ0n) is 13.6. The molecule has 1 aromatic heterocycles. The van der Waals surface area contributed by atoms with Gasteiger partial charge in [-0.25, -0.2) is 0 Å². The lowest BCUT2D eigenvalue weighted by Gasteiger charge is -2.21. The molecule has 5 heteroatoms. The van der Waals surface area contributed by atoms with E-state index in [9.17, 15) is 4.79 Å². The summed E-state index contributed by atoms with van der Waals surface area (Å²) in [6, 6.07) is 10.3. The van der Waals surface area contributed by atoms with Crippen LogP contribution in [-0.2, 0) is 11.8 Å². The second-order valence-electron chi connectivity index (χ2n) is 6.34. The van der Waals surface area contributed by atoms with E-state index in [2.05, 4.69) is 35.3 Å². The van der Waals surface area contributed by atoms with E-state index in [-0.39, 0.29) is 5.91 Å². The molecule has 1 aliphatic heterocycles. The molecule has 3 rings (SSSR count). The Morgan fingerprint density at radius 3 is 2.96 bits per heavy atom. The van der Waals surface area contributed by atoms with Crippen LogP contribution < -0.4 is 10.2 Å². The van der Waals surface area contributed by atoms with Gasteiger partial charge < -0.3 is 14.8 Å². The lowest BCUT2D eigenvalue weighted by molar-refractivity contribution is -0.910. The number of rotatable bonds is 4. The van der Waals surface area contributed by atoms with Gasteiger partial charge in [0.05, 0.1) is 12.2 Å². The van der Waals surface area contributed by atoms with Gasteiger partial charge >= 0.3 is 0 Å². The highest BCUT2D eigenvalue weighted by atomic mass is 35.5. The van der Waals surface area contributed by atoms with Crippen LogP contribution >= 0.6 is 11.6 Å². The molecule has 2 atom stereocenters. The lowest BCUT2D eigenvalue weighted by Crippen LogP contribution is -3.11. The predicted octanol–water partition coefficient (Wildman–Crippen LogP) is 2.35. The number of hydrogen-bond acceptors (Lipinski definition) is 1. The number of halogens is 1. The number of anilines is 1. The third-order valence-corrected chi connectivity index (χ3v) is 5.07. The van der Waals surface area contributed by atoms with E-state index in [0.717, 1.165) is 30.6 Å². The van der Waals surface area contributed by atoms with Crippen LogP contribution in [0.5, 0.6) is 0 Å². The van der Waals surface area contributed by atoms with Crippen LogP contribution in [0.15, 0.2) is 36.5 Å². The van der Waals surface area contributed by atoms with Gasteiger partial charge in [-0.05, 0) is 36.8 Å². The fourth-order valence-electron chi connectivity index (χ4n) is 3.40. The van der Waals surface area contributed by atoms with Crippen molar-refractivity contribution in [3.8, 4) is 0 Å². The summed E-state index contributed by atoms with van der Waals surface area (Å²) in [7, 11) is 2.07. The first-order chi connectivity index (χ1) is 11.0. The number of benzene rings is 1. The van der Waals surface area contributed by atoms with Crippen LogP contribution in [0.4, 0.5) is 5.69 Å². The van der Waals surface area contributed by atoms with Crippen LogP contribution in [-0.4, -0.2) is 23.6 Å². The van der Waals surface area contributed by atoms with E-state index < -0.39 is 0 Å². The molecular formula is C18H23ClN3O+. The van der Waals surface area contributed by atoms with Crippen molar-refractivity contribution in [3.05, 3.63) is 52.8 Å². The number of quaternary nitrogens is 1. The molecule has 1 amide bonds. The topological polar surface area (TPSA) is 38.5 Å². The van der Waals surface area contributed by atoms with Crippen molar-refractivity contribution in [1.82, 2.24) is 4.57 Å². The van der Waals surface area contributed by atoms with E-state index in [4.69, 9.17) is 11.6 Å². The number of likely N-dealkylation sites (tertiary alicyclic amines) is 1. The van der Waals surface area contributed by atoms with Crippen molar-refractivity contribution in [2.45, 2.75) is 25.8 Å². The molecule has 2 heterocycles. The summed E-state index contributed by atoms with van der Waals surface area (Å²) >= 11 is 6.12. The fraction of sp³-hybridized carbons (Fsp3) is 0.389. The summed E-state index contributed by atoms with van der Waals surface area (Å²) in [5, 5.41) is 3.65. The maximum absolute atomic E-state index is 12.4. The molecule has 1 aliphatic rings. The first-order valence-corrected chi connectivity index (χ1v) is 8.44. The maximum atomic E-state index is 12.4. The molecule has 1 unspecified atom stereocenters. The average Bonchev–Trinajstić information content (AvgIpc) is 3.11. The van der Waals surface area contributed by atoms with Crippen molar-refractivity contribution in [2.75, 3.05) is 18.4 Å². The highest BCUT2D eigenvalue weighted by Gasteiger charge is 2.32. The standard InChI is InChI=1S/C18H22ClN3O/c1-13-7-8-14(11-15(13)19)20-18(23)12-22-10-4-6-17(22)16-5-3-9-21(16)2/h3,5,7-9,11,17H,4,6,10,12H2,1-2H3,(H,20,23)/p+1/t17-/m1/s1. The Morgan fingerprint density at radius 2 is 2.26 bits per heavy atom. The van der Waals surface area contributed by atoms with Gasteiger partial charge in [-0.3, -0.25) is 4.79 Å². The number of nitrogens with zero attached hydrogens (tertiary/aromatic N) is 1. The molecule has 2 aromatic rings. The third-order valence-electron chi connectivity index (χ3n) is 4.67. The van der Waals surface area contributed by atoms with Gasteiger partial charge in [-0.15, -0.1) is 0 Å². The van der Waals surface area contributed by atoms with Crippen molar-refractivity contribution >= 4 is 23.2 Å². The number of carbonyl (C=O) groups excluding carboxylic acids is 1. The van der Waals surface area contributed by atoms with Crippen LogP contribution in [0.2, 0.25) is 5.02 Å². The largest absolute Gasteiger partial charge is 0.350 e. The summed E-state index contributed by atoms with van der Waals surface area (Å²) < 4.78 is 2.16. The van der Waals surface area contributed by atoms with Crippen molar-refractivity contribution in [3.63, 3.8) is 0 Å². The molecule has 122 valence electrons. The van der Waals surface area contributed by atoms with Crippen molar-refractivity contribution in [2.24, 2.45) is 7.05 Å². The predicted molar refractivity (Wildman–Crippen MR) is 92.9 cm³/mol. The first-order valence-electron chi connectivity index (χ1n) is 8.06. The Balaban J connectivity index is 1.65. The summed E-state index contributed by atoms with van der Waals surface area (Å²) in [4.78, 5) is 13.7. The van der Waals surface area contributed by atoms with Crippen LogP contribution in [0, 0.1) is 6.92 Å². The molecule has 0 saturated carbocycles. The van der Waals surface area contributed by atoms with Crippen LogP contribution in [0.1, 0.15) is 30.1 Å². The SMILES string of the molecule is Cc1ccc(NC(=O)C[NH+]2CCC[C@@H]2c2cccn2C)cc1Cl. The van der Waals surface area contributed by atoms with Crippen molar-refractivity contribution < 1.29 is 9.69 Å². The Labute approximate surface area is 142 Å². The lowest BCUT2D eigenvalue weighted by atomic mass is 10.1. The maximum Gasteiger partial charge on any atom is 0.279 e. The molecule has 1 aromatic carbocycles. The minimum absolute atomic E-state index is 0.0426. The number of hydrogen-bond donors (Lipinski definition) is 2. The van der Waals surface area contributed by atoms with Gasteiger partial charge in [0.2, 0.25) is 0 Å². The van der Waals surface area contributed by atoms with E-state index >= 15 is 0 Å². The third kappa shape index (κ3) is 3.59. The van der Waals surface area contributed by atoms with Gasteiger partial charge in [-0.1, -0.05) is 17.7 Å². The summed E-state index contributed by atoms with van der Waals surface area (Å²) in [6.45, 7) is 3.48. The van der Waals surface area contributed by atoms with Gasteiger partial charge in [0.1, 0.15) is 6.04 Å². The van der Waals surface area contributed by atoms with Crippen molar-refractivity contribution in [1.29, 1.82) is 0 Å². The molecule has 4 nitrogen and oxygen atoms in total. The second kappa shape index (κ2) is 6.77. The summed E-state index contributed by atoms with van der Waals surface area (Å²) in [5.41, 5.74) is 3.09. The quantitative estimate of drug-likeness (QED) is 0.886. The van der Waals surface area contributed by atoms with E-state index in [0.29, 0.717) is 17.6 Å². The number of carbonyl (C=O) groups is 1. The van der Waals surface area contributed by atoms with Gasteiger partial charge in [0.25, 0.3) is 5.91 Å². The molecule has 23 heavy (non-hydrogen) atoms. The number of aryl methyl sites for hydroxylation is 2. The summed E-state index contributed by atoms with van der Waals surface area (Å²) in [5.74, 6) is 0.0426. The zero-order chi connectivity index (χ0) is 16.4. The molecule has 0 spiro atoms. The van der Waals surface area contributed by atoms with E-state index in [1.807, 2.05) is 25.1 Å². The Kier molecular flexibility index (Phi) is 4.74. The molecule has 0 aliphatic carbocycles. The minimum atomic E-state index is 0.0426.